The number of aromatic nitrogens is 2. The van der Waals surface area contributed by atoms with Crippen molar-refractivity contribution >= 4 is 12.1 Å². The van der Waals surface area contributed by atoms with Gasteiger partial charge in [0.25, 0.3) is 0 Å². The van der Waals surface area contributed by atoms with Crippen LogP contribution in [0.4, 0.5) is 5.69 Å². The van der Waals surface area contributed by atoms with E-state index in [0.29, 0.717) is 23.8 Å². The zero-order valence-electron chi connectivity index (χ0n) is 8.10. The molecule has 76 valence electrons. The van der Waals surface area contributed by atoms with Crippen LogP contribution in [-0.2, 0) is 4.79 Å². The minimum atomic E-state index is 0.513. The molecule has 5 nitrogen and oxygen atoms in total. The van der Waals surface area contributed by atoms with Gasteiger partial charge in [0.2, 0.25) is 18.1 Å². The first-order chi connectivity index (χ1) is 7.29. The third-order valence-corrected chi connectivity index (χ3v) is 1.87. The lowest BCUT2D eigenvalue weighted by Gasteiger charge is -1.99. The number of amides is 1. The zero-order chi connectivity index (χ0) is 10.7. The molecule has 2 aromatic rings. The van der Waals surface area contributed by atoms with Gasteiger partial charge in [0.05, 0.1) is 0 Å². The van der Waals surface area contributed by atoms with Crippen LogP contribution < -0.4 is 5.32 Å². The SMILES string of the molecule is Cc1nc(-c2cccc(NC=O)c2)no1. The summed E-state index contributed by atoms with van der Waals surface area (Å²) in [5.41, 5.74) is 1.50. The van der Waals surface area contributed by atoms with Gasteiger partial charge in [-0.05, 0) is 12.1 Å². The number of aryl methyl sites for hydroxylation is 1. The van der Waals surface area contributed by atoms with Crippen LogP contribution >= 0.6 is 0 Å². The molecule has 1 N–H and O–H groups in total. The van der Waals surface area contributed by atoms with E-state index in [0.717, 1.165) is 5.56 Å². The van der Waals surface area contributed by atoms with Gasteiger partial charge >= 0.3 is 0 Å². The lowest BCUT2D eigenvalue weighted by atomic mass is 10.2. The third kappa shape index (κ3) is 2.01. The average molecular weight is 203 g/mol. The van der Waals surface area contributed by atoms with E-state index in [1.165, 1.54) is 0 Å². The Labute approximate surface area is 86.1 Å². The molecule has 0 aliphatic heterocycles. The molecule has 1 aromatic carbocycles. The normalized spacial score (nSPS) is 9.93. The van der Waals surface area contributed by atoms with Crippen molar-refractivity contribution in [1.82, 2.24) is 10.1 Å². The Balaban J connectivity index is 2.36. The number of nitrogens with one attached hydrogen (secondary N) is 1. The van der Waals surface area contributed by atoms with Crippen molar-refractivity contribution in [2.24, 2.45) is 0 Å². The molecular formula is C10H9N3O2. The number of hydrogen-bond acceptors (Lipinski definition) is 4. The summed E-state index contributed by atoms with van der Waals surface area (Å²) in [5.74, 6) is 1.03. The van der Waals surface area contributed by atoms with E-state index in [-0.39, 0.29) is 0 Å². The fraction of sp³-hybridized carbons (Fsp3) is 0.100. The Morgan fingerprint density at radius 2 is 2.33 bits per heavy atom. The maximum atomic E-state index is 10.3. The Kier molecular flexibility index (Phi) is 2.45. The van der Waals surface area contributed by atoms with Crippen LogP contribution in [0.1, 0.15) is 5.89 Å². The van der Waals surface area contributed by atoms with E-state index in [1.54, 1.807) is 19.1 Å². The van der Waals surface area contributed by atoms with Crippen LogP contribution in [0, 0.1) is 6.92 Å². The minimum Gasteiger partial charge on any atom is -0.339 e. The predicted octanol–water partition coefficient (Wildman–Crippen LogP) is 1.61. The molecule has 0 atom stereocenters. The van der Waals surface area contributed by atoms with Gasteiger partial charge in [0.15, 0.2) is 0 Å². The van der Waals surface area contributed by atoms with E-state index in [2.05, 4.69) is 15.5 Å². The number of anilines is 1. The fourth-order valence-corrected chi connectivity index (χ4v) is 1.23. The molecular weight excluding hydrogens is 194 g/mol. The Bertz CT molecular complexity index is 479. The van der Waals surface area contributed by atoms with Crippen LogP contribution in [0.5, 0.6) is 0 Å². The van der Waals surface area contributed by atoms with Gasteiger partial charge in [0.1, 0.15) is 0 Å². The molecule has 0 radical (unpaired) electrons. The Morgan fingerprint density at radius 3 is 3.00 bits per heavy atom. The molecule has 15 heavy (non-hydrogen) atoms. The van der Waals surface area contributed by atoms with Gasteiger partial charge in [-0.25, -0.2) is 0 Å². The quantitative estimate of drug-likeness (QED) is 0.769. The zero-order valence-corrected chi connectivity index (χ0v) is 8.10. The van der Waals surface area contributed by atoms with Crippen molar-refractivity contribution in [2.45, 2.75) is 6.92 Å². The number of hydrogen-bond donors (Lipinski definition) is 1. The van der Waals surface area contributed by atoms with Crippen LogP contribution in [-0.4, -0.2) is 16.6 Å². The fourth-order valence-electron chi connectivity index (χ4n) is 1.23. The molecule has 0 bridgehead atoms. The van der Waals surface area contributed by atoms with E-state index in [4.69, 9.17) is 4.52 Å². The summed E-state index contributed by atoms with van der Waals surface area (Å²) in [7, 11) is 0. The smallest absolute Gasteiger partial charge is 0.223 e. The van der Waals surface area contributed by atoms with Crippen molar-refractivity contribution in [3.05, 3.63) is 30.2 Å². The molecule has 0 saturated heterocycles. The summed E-state index contributed by atoms with van der Waals surface area (Å²) in [6.45, 7) is 1.73. The topological polar surface area (TPSA) is 68.0 Å². The number of carbonyl (C=O) groups excluding carboxylic acids is 1. The van der Waals surface area contributed by atoms with Crippen LogP contribution in [0.3, 0.4) is 0 Å². The summed E-state index contributed by atoms with van der Waals surface area (Å²) >= 11 is 0. The highest BCUT2D eigenvalue weighted by Crippen LogP contribution is 2.19. The van der Waals surface area contributed by atoms with Crippen molar-refractivity contribution < 1.29 is 9.32 Å². The molecule has 1 amide bonds. The molecule has 1 aromatic heterocycles. The Hall–Kier alpha value is -2.17. The van der Waals surface area contributed by atoms with Gasteiger partial charge in [0, 0.05) is 18.2 Å². The largest absolute Gasteiger partial charge is 0.339 e. The second-order valence-corrected chi connectivity index (χ2v) is 2.98. The second kappa shape index (κ2) is 3.91. The first-order valence-electron chi connectivity index (χ1n) is 4.40. The van der Waals surface area contributed by atoms with Gasteiger partial charge in [-0.3, -0.25) is 4.79 Å². The maximum Gasteiger partial charge on any atom is 0.223 e. The third-order valence-electron chi connectivity index (χ3n) is 1.87. The Morgan fingerprint density at radius 1 is 1.47 bits per heavy atom. The van der Waals surface area contributed by atoms with E-state index < -0.39 is 0 Å². The highest BCUT2D eigenvalue weighted by molar-refractivity contribution is 5.74. The number of carbonyl (C=O) groups is 1. The molecule has 5 heteroatoms. The van der Waals surface area contributed by atoms with Crippen LogP contribution in [0.25, 0.3) is 11.4 Å². The molecule has 0 spiro atoms. The summed E-state index contributed by atoms with van der Waals surface area (Å²) in [4.78, 5) is 14.4. The lowest BCUT2D eigenvalue weighted by molar-refractivity contribution is -0.105. The molecule has 0 unspecified atom stereocenters. The van der Waals surface area contributed by atoms with Gasteiger partial charge in [-0.1, -0.05) is 17.3 Å². The van der Waals surface area contributed by atoms with E-state index in [9.17, 15) is 4.79 Å². The molecule has 0 saturated carbocycles. The van der Waals surface area contributed by atoms with Gasteiger partial charge in [-0.2, -0.15) is 4.98 Å². The molecule has 0 aliphatic rings. The highest BCUT2D eigenvalue weighted by Gasteiger charge is 2.05. The number of benzene rings is 1. The van der Waals surface area contributed by atoms with Crippen molar-refractivity contribution in [3.8, 4) is 11.4 Å². The first kappa shape index (κ1) is 9.39. The van der Waals surface area contributed by atoms with Crippen LogP contribution in [0.2, 0.25) is 0 Å². The van der Waals surface area contributed by atoms with Gasteiger partial charge < -0.3 is 9.84 Å². The number of nitrogens with zero attached hydrogens (tertiary/aromatic N) is 2. The molecule has 2 rings (SSSR count). The van der Waals surface area contributed by atoms with Crippen LogP contribution in [0.15, 0.2) is 28.8 Å². The number of rotatable bonds is 3. The molecule has 0 fully saturated rings. The predicted molar refractivity (Wildman–Crippen MR) is 54.2 cm³/mol. The monoisotopic (exact) mass is 203 g/mol. The van der Waals surface area contributed by atoms with Gasteiger partial charge in [-0.15, -0.1) is 0 Å². The molecule has 0 aliphatic carbocycles. The highest BCUT2D eigenvalue weighted by atomic mass is 16.5. The summed E-state index contributed by atoms with van der Waals surface area (Å²) in [6.07, 6.45) is 0.626. The van der Waals surface area contributed by atoms with E-state index in [1.807, 2.05) is 12.1 Å². The summed E-state index contributed by atoms with van der Waals surface area (Å²) in [6, 6.07) is 7.22. The average Bonchev–Trinajstić information content (AvgIpc) is 2.66. The molecule has 1 heterocycles. The summed E-state index contributed by atoms with van der Waals surface area (Å²) in [5, 5.41) is 6.34. The maximum absolute atomic E-state index is 10.3. The second-order valence-electron chi connectivity index (χ2n) is 2.98. The first-order valence-corrected chi connectivity index (χ1v) is 4.40. The standard InChI is InChI=1S/C10H9N3O2/c1-7-12-10(13-15-7)8-3-2-4-9(5-8)11-6-14/h2-6H,1H3,(H,11,14). The van der Waals surface area contributed by atoms with Crippen molar-refractivity contribution in [3.63, 3.8) is 0 Å². The van der Waals surface area contributed by atoms with Crippen molar-refractivity contribution in [1.29, 1.82) is 0 Å². The lowest BCUT2D eigenvalue weighted by Crippen LogP contribution is -1.93. The minimum absolute atomic E-state index is 0.513. The van der Waals surface area contributed by atoms with E-state index >= 15 is 0 Å². The van der Waals surface area contributed by atoms with Crippen molar-refractivity contribution in [2.75, 3.05) is 5.32 Å². The summed E-state index contributed by atoms with van der Waals surface area (Å²) < 4.78 is 4.87.